The van der Waals surface area contributed by atoms with Gasteiger partial charge in [-0.2, -0.15) is 0 Å². The van der Waals surface area contributed by atoms with Crippen molar-refractivity contribution in [3.05, 3.63) is 70.4 Å². The highest BCUT2D eigenvalue weighted by atomic mass is 16.6. The van der Waals surface area contributed by atoms with Gasteiger partial charge in [0.2, 0.25) is 0 Å². The number of fused-ring (bicyclic) bond motifs is 1. The number of ether oxygens (including phenoxy) is 1. The van der Waals surface area contributed by atoms with Crippen LogP contribution in [0.25, 0.3) is 10.9 Å². The van der Waals surface area contributed by atoms with E-state index in [-0.39, 0.29) is 5.69 Å². The number of nitrogens with zero attached hydrogens (tertiary/aromatic N) is 1. The van der Waals surface area contributed by atoms with Crippen LogP contribution >= 0.6 is 0 Å². The molecule has 0 radical (unpaired) electrons. The van der Waals surface area contributed by atoms with Crippen molar-refractivity contribution in [1.29, 1.82) is 0 Å². The largest absolute Gasteiger partial charge is 0.489 e. The van der Waals surface area contributed by atoms with Crippen LogP contribution in [0.3, 0.4) is 0 Å². The van der Waals surface area contributed by atoms with Crippen molar-refractivity contribution in [3.63, 3.8) is 0 Å². The fourth-order valence-corrected chi connectivity index (χ4v) is 2.05. The monoisotopic (exact) mass is 268 g/mol. The summed E-state index contributed by atoms with van der Waals surface area (Å²) in [5.74, 6) is 0.739. The Morgan fingerprint density at radius 1 is 1.15 bits per heavy atom. The number of nitro benzene ring substituents is 1. The Morgan fingerprint density at radius 2 is 2.05 bits per heavy atom. The van der Waals surface area contributed by atoms with E-state index in [1.165, 1.54) is 12.1 Å². The zero-order valence-corrected chi connectivity index (χ0v) is 10.6. The maximum Gasteiger partial charge on any atom is 0.269 e. The van der Waals surface area contributed by atoms with Crippen LogP contribution in [0, 0.1) is 10.1 Å². The zero-order chi connectivity index (χ0) is 13.9. The maximum atomic E-state index is 10.7. The average molecular weight is 268 g/mol. The zero-order valence-electron chi connectivity index (χ0n) is 10.6. The summed E-state index contributed by atoms with van der Waals surface area (Å²) in [6.45, 7) is 0.303. The van der Waals surface area contributed by atoms with Gasteiger partial charge in [0, 0.05) is 29.2 Å². The average Bonchev–Trinajstić information content (AvgIpc) is 2.93. The number of aromatic nitrogens is 1. The van der Waals surface area contributed by atoms with Gasteiger partial charge >= 0.3 is 0 Å². The number of nitro groups is 1. The van der Waals surface area contributed by atoms with Crippen molar-refractivity contribution in [2.45, 2.75) is 6.61 Å². The topological polar surface area (TPSA) is 68.2 Å². The summed E-state index contributed by atoms with van der Waals surface area (Å²) in [6, 6.07) is 14.2. The number of aromatic amines is 1. The van der Waals surface area contributed by atoms with E-state index in [1.807, 2.05) is 36.5 Å². The van der Waals surface area contributed by atoms with Crippen molar-refractivity contribution in [3.8, 4) is 5.75 Å². The van der Waals surface area contributed by atoms with Crippen LogP contribution in [0.4, 0.5) is 5.69 Å². The Labute approximate surface area is 115 Å². The van der Waals surface area contributed by atoms with E-state index in [2.05, 4.69) is 4.98 Å². The Balaban J connectivity index is 1.75. The van der Waals surface area contributed by atoms with Gasteiger partial charge < -0.3 is 9.72 Å². The highest BCUT2D eigenvalue weighted by Crippen LogP contribution is 2.21. The predicted octanol–water partition coefficient (Wildman–Crippen LogP) is 3.66. The Morgan fingerprint density at radius 3 is 2.90 bits per heavy atom. The summed E-state index contributed by atoms with van der Waals surface area (Å²) in [5.41, 5.74) is 1.90. The van der Waals surface area contributed by atoms with E-state index in [1.54, 1.807) is 6.07 Å². The number of nitrogens with one attached hydrogen (secondary N) is 1. The smallest absolute Gasteiger partial charge is 0.269 e. The molecule has 0 fully saturated rings. The molecule has 0 spiro atoms. The summed E-state index contributed by atoms with van der Waals surface area (Å²) in [5, 5.41) is 11.8. The maximum absolute atomic E-state index is 10.7. The van der Waals surface area contributed by atoms with Crippen molar-refractivity contribution in [1.82, 2.24) is 4.98 Å². The van der Waals surface area contributed by atoms with E-state index in [4.69, 9.17) is 4.74 Å². The molecule has 0 atom stereocenters. The van der Waals surface area contributed by atoms with Crippen LogP contribution in [-0.2, 0) is 6.61 Å². The van der Waals surface area contributed by atoms with Crippen LogP contribution in [0.2, 0.25) is 0 Å². The first-order valence-electron chi connectivity index (χ1n) is 6.16. The minimum absolute atomic E-state index is 0.0761. The summed E-state index contributed by atoms with van der Waals surface area (Å²) in [6.07, 6.45) is 1.87. The molecule has 0 saturated heterocycles. The molecular formula is C15H12N2O3. The fraction of sp³-hybridized carbons (Fsp3) is 0.0667. The molecule has 0 aliphatic heterocycles. The lowest BCUT2D eigenvalue weighted by Gasteiger charge is -2.06. The molecule has 0 bridgehead atoms. The minimum Gasteiger partial charge on any atom is -0.489 e. The third kappa shape index (κ3) is 2.47. The summed E-state index contributed by atoms with van der Waals surface area (Å²) < 4.78 is 5.67. The first-order chi connectivity index (χ1) is 9.72. The van der Waals surface area contributed by atoms with E-state index in [9.17, 15) is 10.1 Å². The molecule has 20 heavy (non-hydrogen) atoms. The third-order valence-corrected chi connectivity index (χ3v) is 3.05. The second-order valence-corrected chi connectivity index (χ2v) is 4.44. The van der Waals surface area contributed by atoms with Crippen LogP contribution in [-0.4, -0.2) is 9.91 Å². The third-order valence-electron chi connectivity index (χ3n) is 3.05. The molecule has 1 N–H and O–H groups in total. The first kappa shape index (κ1) is 12.2. The van der Waals surface area contributed by atoms with Crippen LogP contribution in [0.5, 0.6) is 5.75 Å². The molecule has 0 aliphatic carbocycles. The van der Waals surface area contributed by atoms with Gasteiger partial charge in [-0.05, 0) is 29.8 Å². The highest BCUT2D eigenvalue weighted by Gasteiger charge is 2.06. The predicted molar refractivity (Wildman–Crippen MR) is 75.7 cm³/mol. The highest BCUT2D eigenvalue weighted by molar-refractivity contribution is 5.80. The van der Waals surface area contributed by atoms with Crippen molar-refractivity contribution in [2.24, 2.45) is 0 Å². The molecule has 1 heterocycles. The number of hydrogen-bond acceptors (Lipinski definition) is 3. The number of benzene rings is 2. The van der Waals surface area contributed by atoms with Gasteiger partial charge in [-0.1, -0.05) is 12.1 Å². The molecule has 100 valence electrons. The molecule has 0 unspecified atom stereocenters. The number of H-pyrrole nitrogens is 1. The lowest BCUT2D eigenvalue weighted by atomic mass is 10.2. The van der Waals surface area contributed by atoms with Crippen molar-refractivity contribution in [2.75, 3.05) is 0 Å². The fourth-order valence-electron chi connectivity index (χ4n) is 2.05. The van der Waals surface area contributed by atoms with Gasteiger partial charge in [0.25, 0.3) is 5.69 Å². The lowest BCUT2D eigenvalue weighted by molar-refractivity contribution is -0.384. The van der Waals surface area contributed by atoms with Crippen LogP contribution in [0.1, 0.15) is 5.56 Å². The number of non-ortho nitro benzene ring substituents is 1. The number of rotatable bonds is 4. The number of hydrogen-bond donors (Lipinski definition) is 1. The van der Waals surface area contributed by atoms with E-state index in [0.717, 1.165) is 22.2 Å². The molecule has 3 rings (SSSR count). The van der Waals surface area contributed by atoms with Crippen LogP contribution < -0.4 is 4.74 Å². The Bertz CT molecular complexity index is 764. The first-order valence-corrected chi connectivity index (χ1v) is 6.16. The van der Waals surface area contributed by atoms with Gasteiger partial charge in [-0.15, -0.1) is 0 Å². The summed E-state index contributed by atoms with van der Waals surface area (Å²) in [7, 11) is 0. The molecule has 1 aromatic heterocycles. The van der Waals surface area contributed by atoms with E-state index >= 15 is 0 Å². The quantitative estimate of drug-likeness (QED) is 0.580. The van der Waals surface area contributed by atoms with Crippen LogP contribution in [0.15, 0.2) is 54.7 Å². The van der Waals surface area contributed by atoms with Gasteiger partial charge in [0.15, 0.2) is 0 Å². The molecular weight excluding hydrogens is 256 g/mol. The summed E-state index contributed by atoms with van der Waals surface area (Å²) in [4.78, 5) is 13.4. The molecule has 0 amide bonds. The van der Waals surface area contributed by atoms with Gasteiger partial charge in [-0.25, -0.2) is 0 Å². The van der Waals surface area contributed by atoms with Crippen molar-refractivity contribution >= 4 is 16.6 Å². The standard InChI is InChI=1S/C15H12N2O3/c18-17(19)13-3-1-2-11(8-13)10-20-14-4-5-15-12(9-14)6-7-16-15/h1-9,16H,10H2. The molecule has 0 saturated carbocycles. The Hall–Kier alpha value is -2.82. The normalized spacial score (nSPS) is 10.6. The molecule has 5 heteroatoms. The lowest BCUT2D eigenvalue weighted by Crippen LogP contribution is -1.96. The van der Waals surface area contributed by atoms with Gasteiger partial charge in [-0.3, -0.25) is 10.1 Å². The molecule has 3 aromatic rings. The van der Waals surface area contributed by atoms with E-state index in [0.29, 0.717) is 6.61 Å². The van der Waals surface area contributed by atoms with Gasteiger partial charge in [0.05, 0.1) is 4.92 Å². The molecule has 0 aliphatic rings. The van der Waals surface area contributed by atoms with Gasteiger partial charge in [0.1, 0.15) is 12.4 Å². The minimum atomic E-state index is -0.407. The van der Waals surface area contributed by atoms with Crippen molar-refractivity contribution < 1.29 is 9.66 Å². The second-order valence-electron chi connectivity index (χ2n) is 4.44. The SMILES string of the molecule is O=[N+]([O-])c1cccc(COc2ccc3[nH]ccc3c2)c1. The second kappa shape index (κ2) is 5.05. The Kier molecular flexibility index (Phi) is 3.09. The summed E-state index contributed by atoms with van der Waals surface area (Å²) >= 11 is 0. The molecule has 2 aromatic carbocycles. The van der Waals surface area contributed by atoms with E-state index < -0.39 is 4.92 Å². The molecule has 5 nitrogen and oxygen atoms in total.